The third-order valence-electron chi connectivity index (χ3n) is 1.84. The van der Waals surface area contributed by atoms with Crippen molar-refractivity contribution >= 4 is 19.4 Å². The minimum absolute atomic E-state index is 0.212. The summed E-state index contributed by atoms with van der Waals surface area (Å²) in [5.41, 5.74) is 13.4. The lowest BCUT2D eigenvalue weighted by molar-refractivity contribution is -0.164. The van der Waals surface area contributed by atoms with Gasteiger partial charge in [0.05, 0.1) is 0 Å². The molecule has 1 unspecified atom stereocenters. The number of hydrogen-bond acceptors (Lipinski definition) is 4. The Kier molecular flexibility index (Phi) is 3.86. The van der Waals surface area contributed by atoms with E-state index in [0.717, 1.165) is 5.56 Å². The van der Waals surface area contributed by atoms with Crippen LogP contribution >= 0.6 is 8.03 Å². The number of nitrogen functional groups attached to an aromatic ring is 2. The van der Waals surface area contributed by atoms with Gasteiger partial charge < -0.3 is 16.4 Å². The molecule has 1 atom stereocenters. The van der Waals surface area contributed by atoms with E-state index in [-0.39, 0.29) is 6.16 Å². The van der Waals surface area contributed by atoms with E-state index in [0.29, 0.717) is 24.2 Å². The van der Waals surface area contributed by atoms with Gasteiger partial charge in [0.15, 0.2) is 0 Å². The highest BCUT2D eigenvalue weighted by molar-refractivity contribution is 7.36. The van der Waals surface area contributed by atoms with Gasteiger partial charge in [-0.15, -0.1) is 0 Å². The van der Waals surface area contributed by atoms with Crippen LogP contribution in [0.4, 0.5) is 11.4 Å². The van der Waals surface area contributed by atoms with Crippen molar-refractivity contribution < 1.29 is 9.46 Å². The number of anilines is 2. The smallest absolute Gasteiger partial charge is 0.308 e. The van der Waals surface area contributed by atoms with Crippen molar-refractivity contribution in [2.45, 2.75) is 12.8 Å². The van der Waals surface area contributed by atoms with Crippen LogP contribution in [0.2, 0.25) is 0 Å². The van der Waals surface area contributed by atoms with Crippen molar-refractivity contribution in [3.63, 3.8) is 0 Å². The van der Waals surface area contributed by atoms with Crippen LogP contribution < -0.4 is 16.4 Å². The van der Waals surface area contributed by atoms with Gasteiger partial charge in [-0.2, -0.15) is 0 Å². The van der Waals surface area contributed by atoms with E-state index in [9.17, 15) is 9.46 Å². The Morgan fingerprint density at radius 2 is 1.79 bits per heavy atom. The van der Waals surface area contributed by atoms with Gasteiger partial charge in [0, 0.05) is 11.4 Å². The predicted molar refractivity (Wildman–Crippen MR) is 56.1 cm³/mol. The van der Waals surface area contributed by atoms with Crippen LogP contribution in [0.1, 0.15) is 12.0 Å². The fourth-order valence-corrected chi connectivity index (χ4v) is 1.72. The lowest BCUT2D eigenvalue weighted by atomic mass is 10.1. The largest absolute Gasteiger partial charge is 0.596 e. The molecule has 0 radical (unpaired) electrons. The molecule has 14 heavy (non-hydrogen) atoms. The van der Waals surface area contributed by atoms with Crippen LogP contribution in [0.15, 0.2) is 18.2 Å². The zero-order valence-corrected chi connectivity index (χ0v) is 8.67. The molecule has 0 aliphatic carbocycles. The summed E-state index contributed by atoms with van der Waals surface area (Å²) in [6, 6.07) is 5.31. The lowest BCUT2D eigenvalue weighted by Crippen LogP contribution is -1.96. The minimum Gasteiger partial charge on any atom is -0.596 e. The Morgan fingerprint density at radius 1 is 1.21 bits per heavy atom. The van der Waals surface area contributed by atoms with Gasteiger partial charge in [-0.05, 0) is 36.6 Å². The molecule has 4 nitrogen and oxygen atoms in total. The maximum atomic E-state index is 10.3. The van der Waals surface area contributed by atoms with Gasteiger partial charge in [0.25, 0.3) is 0 Å². The van der Waals surface area contributed by atoms with Gasteiger partial charge >= 0.3 is 8.03 Å². The molecule has 0 bridgehead atoms. The molecule has 1 aromatic carbocycles. The summed E-state index contributed by atoms with van der Waals surface area (Å²) < 4.78 is 10.3. The second kappa shape index (κ2) is 4.94. The van der Waals surface area contributed by atoms with E-state index in [4.69, 9.17) is 11.5 Å². The monoisotopic (exact) mass is 212 g/mol. The highest BCUT2D eigenvalue weighted by Gasteiger charge is 2.02. The maximum absolute atomic E-state index is 10.3. The van der Waals surface area contributed by atoms with Crippen molar-refractivity contribution in [1.82, 2.24) is 0 Å². The average Bonchev–Trinajstić information content (AvgIpc) is 2.01. The molecule has 0 spiro atoms. The van der Waals surface area contributed by atoms with Gasteiger partial charge in [0.2, 0.25) is 0 Å². The van der Waals surface area contributed by atoms with Crippen molar-refractivity contribution in [2.75, 3.05) is 17.6 Å². The Morgan fingerprint density at radius 3 is 2.29 bits per heavy atom. The number of rotatable bonds is 4. The summed E-state index contributed by atoms with van der Waals surface area (Å²) in [5, 5.41) is 0. The second-order valence-corrected chi connectivity index (χ2v) is 4.28. The summed E-state index contributed by atoms with van der Waals surface area (Å²) in [6.45, 7) is 0. The van der Waals surface area contributed by atoms with Crippen LogP contribution in [0.5, 0.6) is 0 Å². The van der Waals surface area contributed by atoms with Crippen molar-refractivity contribution in [3.8, 4) is 0 Å². The van der Waals surface area contributed by atoms with Crippen LogP contribution in [-0.4, -0.2) is 6.16 Å². The molecule has 0 aliphatic heterocycles. The van der Waals surface area contributed by atoms with Crippen LogP contribution in [-0.2, 0) is 11.0 Å². The highest BCUT2D eigenvalue weighted by atomic mass is 31.1. The molecule has 0 fully saturated rings. The Labute approximate surface area is 83.8 Å². The van der Waals surface area contributed by atoms with Crippen LogP contribution in [0.25, 0.3) is 0 Å². The van der Waals surface area contributed by atoms with Crippen molar-refractivity contribution in [3.05, 3.63) is 23.8 Å². The Bertz CT molecular complexity index is 321. The minimum atomic E-state index is -2.27. The normalized spacial score (nSPS) is 11.4. The first-order valence-electron chi connectivity index (χ1n) is 4.34. The third kappa shape index (κ3) is 3.73. The molecule has 1 rings (SSSR count). The first-order valence-corrected chi connectivity index (χ1v) is 5.71. The molecule has 0 amide bonds. The van der Waals surface area contributed by atoms with Crippen LogP contribution in [0, 0.1) is 0 Å². The van der Waals surface area contributed by atoms with Gasteiger partial charge in [0.1, 0.15) is 6.16 Å². The first-order chi connectivity index (χ1) is 6.58. The molecule has 4 N–H and O–H groups in total. The van der Waals surface area contributed by atoms with E-state index in [1.54, 1.807) is 6.07 Å². The molecule has 0 aromatic heterocycles. The van der Waals surface area contributed by atoms with Gasteiger partial charge in [-0.1, -0.05) is 4.57 Å². The Hall–Kier alpha value is -1.12. The van der Waals surface area contributed by atoms with Crippen molar-refractivity contribution in [1.29, 1.82) is 0 Å². The zero-order valence-electron chi connectivity index (χ0n) is 7.77. The van der Waals surface area contributed by atoms with E-state index in [1.807, 2.05) is 12.1 Å². The first kappa shape index (κ1) is 11.0. The second-order valence-electron chi connectivity index (χ2n) is 3.17. The maximum Gasteiger partial charge on any atom is 0.308 e. The lowest BCUT2D eigenvalue weighted by Gasteiger charge is -2.02. The molecule has 76 valence electrons. The topological polar surface area (TPSA) is 92.2 Å². The molecule has 0 saturated carbocycles. The average molecular weight is 212 g/mol. The van der Waals surface area contributed by atoms with Crippen LogP contribution in [0.3, 0.4) is 0 Å². The molecule has 0 heterocycles. The van der Waals surface area contributed by atoms with E-state index < -0.39 is 8.03 Å². The summed E-state index contributed by atoms with van der Waals surface area (Å²) in [4.78, 5) is 10.3. The summed E-state index contributed by atoms with van der Waals surface area (Å²) in [6.07, 6.45) is 1.52. The van der Waals surface area contributed by atoms with Gasteiger partial charge in [-0.25, -0.2) is 0 Å². The number of hydrogen-bond donors (Lipinski definition) is 2. The third-order valence-corrected chi connectivity index (χ3v) is 2.52. The number of nitrogens with two attached hydrogens (primary N) is 2. The molecular weight excluding hydrogens is 199 g/mol. The number of benzene rings is 1. The number of aryl methyl sites for hydroxylation is 1. The predicted octanol–water partition coefficient (Wildman–Crippen LogP) is 0.886. The summed E-state index contributed by atoms with van der Waals surface area (Å²) in [5.74, 6) is 0. The molecule has 0 aliphatic rings. The zero-order chi connectivity index (χ0) is 10.6. The van der Waals surface area contributed by atoms with E-state index in [2.05, 4.69) is 0 Å². The summed E-state index contributed by atoms with van der Waals surface area (Å²) >= 11 is 0. The fraction of sp³-hybridized carbons (Fsp3) is 0.333. The highest BCUT2D eigenvalue weighted by Crippen LogP contribution is 2.17. The molecule has 0 saturated heterocycles. The SMILES string of the molecule is Nc1cc(N)cc(CCC[P+](=O)[O-])c1. The van der Waals surface area contributed by atoms with E-state index in [1.165, 1.54) is 0 Å². The fourth-order valence-electron chi connectivity index (χ4n) is 1.30. The van der Waals surface area contributed by atoms with Gasteiger partial charge in [-0.3, -0.25) is 0 Å². The summed E-state index contributed by atoms with van der Waals surface area (Å²) in [7, 11) is -2.27. The Balaban J connectivity index is 2.54. The quantitative estimate of drug-likeness (QED) is 0.572. The molecule has 5 heteroatoms. The molecule has 1 aromatic rings. The van der Waals surface area contributed by atoms with E-state index >= 15 is 0 Å². The molecular formula is C9H13N2O2P. The standard InChI is InChI=1S/C9H13N2O2P/c10-8-4-7(5-9(11)6-8)2-1-3-14(12)13/h4-6H,1-3,10-11H2. The van der Waals surface area contributed by atoms with Crippen molar-refractivity contribution in [2.24, 2.45) is 0 Å².